The molecule has 0 saturated heterocycles. The molecule has 1 atom stereocenters. The number of hydrogen-bond acceptors (Lipinski definition) is 4. The molecular formula is C9H21NO2S. The van der Waals surface area contributed by atoms with Gasteiger partial charge in [0.05, 0.1) is 5.60 Å². The van der Waals surface area contributed by atoms with E-state index in [0.717, 1.165) is 25.3 Å². The topological polar surface area (TPSA) is 41.5 Å². The van der Waals surface area contributed by atoms with Gasteiger partial charge in [-0.05, 0) is 26.1 Å². The molecule has 0 aromatic carbocycles. The number of rotatable bonds is 8. The molecule has 3 nitrogen and oxygen atoms in total. The average Bonchev–Trinajstić information content (AvgIpc) is 2.04. The van der Waals surface area contributed by atoms with Crippen LogP contribution in [0.4, 0.5) is 0 Å². The number of thioether (sulfide) groups is 1. The summed E-state index contributed by atoms with van der Waals surface area (Å²) in [6, 6.07) is 0. The minimum atomic E-state index is -0.591. The van der Waals surface area contributed by atoms with Crippen LogP contribution in [0.25, 0.3) is 0 Å². The van der Waals surface area contributed by atoms with E-state index in [1.165, 1.54) is 0 Å². The molecule has 0 spiro atoms. The standard InChI is InChI=1S/C9H21NO2S/c1-9(11,8-13-3)7-10-5-4-6-12-2/h10-11H,4-8H2,1-3H3. The van der Waals surface area contributed by atoms with Crippen LogP contribution >= 0.6 is 11.8 Å². The summed E-state index contributed by atoms with van der Waals surface area (Å²) in [5, 5.41) is 13.0. The first-order valence-corrected chi connectivity index (χ1v) is 5.93. The molecule has 4 heteroatoms. The van der Waals surface area contributed by atoms with Crippen LogP contribution in [0.3, 0.4) is 0 Å². The van der Waals surface area contributed by atoms with E-state index in [2.05, 4.69) is 5.32 Å². The first kappa shape index (κ1) is 13.2. The minimum Gasteiger partial charge on any atom is -0.388 e. The van der Waals surface area contributed by atoms with E-state index < -0.39 is 5.60 Å². The molecule has 0 aromatic rings. The van der Waals surface area contributed by atoms with Gasteiger partial charge in [0.15, 0.2) is 0 Å². The summed E-state index contributed by atoms with van der Waals surface area (Å²) >= 11 is 1.66. The van der Waals surface area contributed by atoms with Crippen molar-refractivity contribution >= 4 is 11.8 Å². The average molecular weight is 207 g/mol. The van der Waals surface area contributed by atoms with E-state index in [1.54, 1.807) is 18.9 Å². The van der Waals surface area contributed by atoms with E-state index in [4.69, 9.17) is 4.74 Å². The molecule has 0 radical (unpaired) electrons. The van der Waals surface area contributed by atoms with Gasteiger partial charge in [0, 0.05) is 26.0 Å². The van der Waals surface area contributed by atoms with Crippen molar-refractivity contribution in [2.75, 3.05) is 38.8 Å². The third kappa shape index (κ3) is 8.56. The van der Waals surface area contributed by atoms with Gasteiger partial charge in [-0.3, -0.25) is 0 Å². The van der Waals surface area contributed by atoms with Crippen molar-refractivity contribution in [3.05, 3.63) is 0 Å². The second kappa shape index (κ2) is 7.62. The van der Waals surface area contributed by atoms with Crippen LogP contribution in [0.2, 0.25) is 0 Å². The summed E-state index contributed by atoms with van der Waals surface area (Å²) in [6.45, 7) is 4.18. The fourth-order valence-corrected chi connectivity index (χ4v) is 1.79. The van der Waals surface area contributed by atoms with Crippen molar-refractivity contribution in [2.24, 2.45) is 0 Å². The van der Waals surface area contributed by atoms with E-state index in [-0.39, 0.29) is 0 Å². The van der Waals surface area contributed by atoms with Crippen molar-refractivity contribution in [2.45, 2.75) is 18.9 Å². The first-order chi connectivity index (χ1) is 6.12. The molecule has 0 aliphatic heterocycles. The molecule has 0 fully saturated rings. The lowest BCUT2D eigenvalue weighted by Crippen LogP contribution is -2.40. The fraction of sp³-hybridized carbons (Fsp3) is 1.00. The molecule has 0 aliphatic rings. The SMILES string of the molecule is COCCCNCC(C)(O)CSC. The molecule has 2 N–H and O–H groups in total. The Kier molecular flexibility index (Phi) is 7.75. The van der Waals surface area contributed by atoms with Crippen LogP contribution in [-0.2, 0) is 4.74 Å². The van der Waals surface area contributed by atoms with Gasteiger partial charge in [0.25, 0.3) is 0 Å². The highest BCUT2D eigenvalue weighted by atomic mass is 32.2. The predicted molar refractivity (Wildman–Crippen MR) is 58.4 cm³/mol. The highest BCUT2D eigenvalue weighted by Crippen LogP contribution is 2.08. The van der Waals surface area contributed by atoms with Crippen molar-refractivity contribution in [3.8, 4) is 0 Å². The molecule has 0 aromatic heterocycles. The van der Waals surface area contributed by atoms with Gasteiger partial charge in [-0.25, -0.2) is 0 Å². The third-order valence-corrected chi connectivity index (χ3v) is 2.57. The maximum Gasteiger partial charge on any atom is 0.0833 e. The Bertz CT molecular complexity index is 120. The summed E-state index contributed by atoms with van der Waals surface area (Å²) in [5.41, 5.74) is -0.591. The quantitative estimate of drug-likeness (QED) is 0.576. The molecule has 0 bridgehead atoms. The van der Waals surface area contributed by atoms with Crippen LogP contribution < -0.4 is 5.32 Å². The second-order valence-electron chi connectivity index (χ2n) is 3.45. The zero-order valence-electron chi connectivity index (χ0n) is 8.80. The summed E-state index contributed by atoms with van der Waals surface area (Å²) in [7, 11) is 1.70. The normalized spacial score (nSPS) is 15.7. The maximum absolute atomic E-state index is 9.76. The Morgan fingerprint density at radius 2 is 2.23 bits per heavy atom. The predicted octanol–water partition coefficient (Wildman–Crippen LogP) is 0.727. The molecule has 80 valence electrons. The molecule has 0 saturated carbocycles. The Morgan fingerprint density at radius 1 is 1.54 bits per heavy atom. The van der Waals surface area contributed by atoms with Gasteiger partial charge in [-0.1, -0.05) is 0 Å². The molecule has 0 rings (SSSR count). The highest BCUT2D eigenvalue weighted by Gasteiger charge is 2.18. The van der Waals surface area contributed by atoms with E-state index >= 15 is 0 Å². The number of methoxy groups -OCH3 is 1. The summed E-state index contributed by atoms with van der Waals surface area (Å²) in [5.74, 6) is 0.768. The van der Waals surface area contributed by atoms with Gasteiger partial charge < -0.3 is 15.2 Å². The molecule has 0 amide bonds. The van der Waals surface area contributed by atoms with Crippen LogP contribution in [0, 0.1) is 0 Å². The van der Waals surface area contributed by atoms with Crippen molar-refractivity contribution in [1.29, 1.82) is 0 Å². The van der Waals surface area contributed by atoms with E-state index in [9.17, 15) is 5.11 Å². The van der Waals surface area contributed by atoms with Crippen LogP contribution in [-0.4, -0.2) is 49.5 Å². The smallest absolute Gasteiger partial charge is 0.0833 e. The lowest BCUT2D eigenvalue weighted by molar-refractivity contribution is 0.0841. The molecular weight excluding hydrogens is 186 g/mol. The Balaban J connectivity index is 3.29. The summed E-state index contributed by atoms with van der Waals surface area (Å²) in [6.07, 6.45) is 2.99. The zero-order valence-corrected chi connectivity index (χ0v) is 9.62. The lowest BCUT2D eigenvalue weighted by atomic mass is 10.1. The lowest BCUT2D eigenvalue weighted by Gasteiger charge is -2.22. The summed E-state index contributed by atoms with van der Waals surface area (Å²) < 4.78 is 4.91. The van der Waals surface area contributed by atoms with Crippen LogP contribution in [0.1, 0.15) is 13.3 Å². The van der Waals surface area contributed by atoms with Crippen molar-refractivity contribution in [1.82, 2.24) is 5.32 Å². The molecule has 0 heterocycles. The van der Waals surface area contributed by atoms with Gasteiger partial charge >= 0.3 is 0 Å². The minimum absolute atomic E-state index is 0.591. The largest absolute Gasteiger partial charge is 0.388 e. The Morgan fingerprint density at radius 3 is 2.77 bits per heavy atom. The highest BCUT2D eigenvalue weighted by molar-refractivity contribution is 7.98. The van der Waals surface area contributed by atoms with Crippen molar-refractivity contribution < 1.29 is 9.84 Å². The summed E-state index contributed by atoms with van der Waals surface area (Å²) in [4.78, 5) is 0. The van der Waals surface area contributed by atoms with E-state index in [1.807, 2.05) is 13.2 Å². The molecule has 1 unspecified atom stereocenters. The Hall–Kier alpha value is 0.230. The van der Waals surface area contributed by atoms with Gasteiger partial charge in [0.2, 0.25) is 0 Å². The zero-order chi connectivity index (χ0) is 10.2. The fourth-order valence-electron chi connectivity index (χ4n) is 1.06. The van der Waals surface area contributed by atoms with Crippen LogP contribution in [0.15, 0.2) is 0 Å². The number of ether oxygens (including phenoxy) is 1. The number of aliphatic hydroxyl groups is 1. The Labute approximate surface area is 85.2 Å². The molecule has 13 heavy (non-hydrogen) atoms. The maximum atomic E-state index is 9.76. The van der Waals surface area contributed by atoms with Gasteiger partial charge in [0.1, 0.15) is 0 Å². The number of hydrogen-bond donors (Lipinski definition) is 2. The van der Waals surface area contributed by atoms with E-state index in [0.29, 0.717) is 6.54 Å². The first-order valence-electron chi connectivity index (χ1n) is 4.53. The van der Waals surface area contributed by atoms with Gasteiger partial charge in [-0.2, -0.15) is 11.8 Å². The second-order valence-corrected chi connectivity index (χ2v) is 4.32. The van der Waals surface area contributed by atoms with Gasteiger partial charge in [-0.15, -0.1) is 0 Å². The third-order valence-electron chi connectivity index (χ3n) is 1.66. The molecule has 0 aliphatic carbocycles. The number of nitrogens with one attached hydrogen (secondary N) is 1. The van der Waals surface area contributed by atoms with Crippen molar-refractivity contribution in [3.63, 3.8) is 0 Å². The monoisotopic (exact) mass is 207 g/mol. The van der Waals surface area contributed by atoms with Crippen LogP contribution in [0.5, 0.6) is 0 Å².